The fourth-order valence-electron chi connectivity index (χ4n) is 2.51. The second-order valence-corrected chi connectivity index (χ2v) is 6.90. The highest BCUT2D eigenvalue weighted by Gasteiger charge is 2.11. The van der Waals surface area contributed by atoms with Crippen molar-refractivity contribution < 1.29 is 9.29 Å². The van der Waals surface area contributed by atoms with Crippen molar-refractivity contribution in [1.82, 2.24) is 14.8 Å². The number of rotatable bonds is 5. The zero-order chi connectivity index (χ0) is 17.1. The summed E-state index contributed by atoms with van der Waals surface area (Å²) >= 11 is 8.89. The third-order valence-electron chi connectivity index (χ3n) is 3.66. The number of hydrogen-bond acceptors (Lipinski definition) is 2. The second-order valence-electron chi connectivity index (χ2n) is 5.68. The lowest BCUT2D eigenvalue weighted by molar-refractivity contribution is -0.917. The average Bonchev–Trinajstić information content (AvgIpc) is 2.90. The molecule has 24 heavy (non-hydrogen) atoms. The number of benzene rings is 2. The zero-order valence-electron chi connectivity index (χ0n) is 13.1. The first-order valence-electron chi connectivity index (χ1n) is 7.50. The van der Waals surface area contributed by atoms with Crippen LogP contribution < -0.4 is 4.90 Å². The van der Waals surface area contributed by atoms with Crippen molar-refractivity contribution in [2.45, 2.75) is 13.2 Å². The molecule has 2 N–H and O–H groups in total. The van der Waals surface area contributed by atoms with Crippen LogP contribution in [0, 0.1) is 10.6 Å². The van der Waals surface area contributed by atoms with E-state index in [4.69, 9.17) is 12.2 Å². The summed E-state index contributed by atoms with van der Waals surface area (Å²) in [6.07, 6.45) is 0. The highest BCUT2D eigenvalue weighted by molar-refractivity contribution is 9.10. The van der Waals surface area contributed by atoms with Crippen molar-refractivity contribution in [2.24, 2.45) is 0 Å². The fourth-order valence-corrected chi connectivity index (χ4v) is 3.19. The van der Waals surface area contributed by atoms with Crippen molar-refractivity contribution in [3.8, 4) is 11.4 Å². The standard InChI is InChI=1S/C17H16BrFN4S/c1-22(10-12-6-8-13(19)9-7-12)11-23-17(24)20-16(21-23)14-4-2-3-5-15(14)18/h2-9H,10-11H2,1H3,(H,20,21,24)/p+1. The Morgan fingerprint density at radius 1 is 1.21 bits per heavy atom. The number of aromatic amines is 1. The van der Waals surface area contributed by atoms with E-state index in [9.17, 15) is 4.39 Å². The van der Waals surface area contributed by atoms with Crippen LogP contribution in [0.4, 0.5) is 4.39 Å². The molecular formula is C17H17BrFN4S+. The monoisotopic (exact) mass is 407 g/mol. The van der Waals surface area contributed by atoms with Gasteiger partial charge in [0.2, 0.25) is 4.77 Å². The maximum Gasteiger partial charge on any atom is 0.221 e. The molecule has 0 saturated heterocycles. The first-order valence-corrected chi connectivity index (χ1v) is 8.70. The minimum Gasteiger partial charge on any atom is -0.315 e. The van der Waals surface area contributed by atoms with Crippen molar-refractivity contribution in [1.29, 1.82) is 0 Å². The summed E-state index contributed by atoms with van der Waals surface area (Å²) in [5.41, 5.74) is 2.05. The largest absolute Gasteiger partial charge is 0.315 e. The minimum absolute atomic E-state index is 0.217. The zero-order valence-corrected chi connectivity index (χ0v) is 15.5. The summed E-state index contributed by atoms with van der Waals surface area (Å²) in [5, 5.41) is 3.25. The maximum absolute atomic E-state index is 13.0. The number of aromatic nitrogens is 3. The first-order chi connectivity index (χ1) is 11.5. The molecule has 1 unspecified atom stereocenters. The van der Waals surface area contributed by atoms with Gasteiger partial charge < -0.3 is 4.90 Å². The SMILES string of the molecule is C[NH+](Cc1ccc(F)cc1)Cn1[nH]c(-c2ccccc2Br)nc1=S. The van der Waals surface area contributed by atoms with E-state index >= 15 is 0 Å². The van der Waals surface area contributed by atoms with Gasteiger partial charge in [-0.25, -0.2) is 9.07 Å². The van der Waals surface area contributed by atoms with Gasteiger partial charge >= 0.3 is 0 Å². The summed E-state index contributed by atoms with van der Waals surface area (Å²) in [6.45, 7) is 1.42. The normalized spacial score (nSPS) is 12.3. The molecule has 1 heterocycles. The highest BCUT2D eigenvalue weighted by Crippen LogP contribution is 2.24. The Balaban J connectivity index is 1.75. The van der Waals surface area contributed by atoms with Crippen molar-refractivity contribution in [2.75, 3.05) is 7.05 Å². The molecule has 0 fully saturated rings. The summed E-state index contributed by atoms with van der Waals surface area (Å²) in [6, 6.07) is 14.4. The van der Waals surface area contributed by atoms with Crippen LogP contribution in [0.25, 0.3) is 11.4 Å². The van der Waals surface area contributed by atoms with Crippen molar-refractivity contribution >= 4 is 28.1 Å². The van der Waals surface area contributed by atoms with Crippen molar-refractivity contribution in [3.63, 3.8) is 0 Å². The van der Waals surface area contributed by atoms with Crippen LogP contribution in [0.3, 0.4) is 0 Å². The molecule has 0 amide bonds. The molecule has 0 spiro atoms. The number of quaternary nitrogens is 1. The van der Waals surface area contributed by atoms with E-state index in [0.717, 1.165) is 28.0 Å². The van der Waals surface area contributed by atoms with E-state index in [1.165, 1.54) is 17.0 Å². The molecular weight excluding hydrogens is 391 g/mol. The third-order valence-corrected chi connectivity index (χ3v) is 4.66. The first kappa shape index (κ1) is 17.0. The molecule has 0 aliphatic heterocycles. The van der Waals surface area contributed by atoms with Crippen LogP contribution >= 0.6 is 28.1 Å². The smallest absolute Gasteiger partial charge is 0.221 e. The molecule has 0 aliphatic carbocycles. The van der Waals surface area contributed by atoms with Gasteiger partial charge in [0.05, 0.1) is 7.05 Å². The van der Waals surface area contributed by atoms with Crippen LogP contribution in [-0.4, -0.2) is 21.8 Å². The molecule has 0 aliphatic rings. The van der Waals surface area contributed by atoms with Gasteiger partial charge in [0.25, 0.3) is 0 Å². The van der Waals surface area contributed by atoms with E-state index in [1.54, 1.807) is 12.1 Å². The van der Waals surface area contributed by atoms with E-state index in [-0.39, 0.29) is 5.82 Å². The lowest BCUT2D eigenvalue weighted by atomic mass is 10.2. The Bertz CT molecular complexity index is 888. The number of nitrogens with zero attached hydrogens (tertiary/aromatic N) is 2. The minimum atomic E-state index is -0.217. The lowest BCUT2D eigenvalue weighted by Gasteiger charge is -2.14. The highest BCUT2D eigenvalue weighted by atomic mass is 79.9. The molecule has 0 saturated carbocycles. The van der Waals surface area contributed by atoms with Gasteiger partial charge in [-0.15, -0.1) is 0 Å². The molecule has 124 valence electrons. The van der Waals surface area contributed by atoms with Gasteiger partial charge in [0, 0.05) is 15.6 Å². The van der Waals surface area contributed by atoms with E-state index in [1.807, 2.05) is 28.9 Å². The van der Waals surface area contributed by atoms with Crippen LogP contribution in [0.5, 0.6) is 0 Å². The summed E-state index contributed by atoms with van der Waals surface area (Å²) < 4.78 is 16.3. The van der Waals surface area contributed by atoms with E-state index < -0.39 is 0 Å². The third kappa shape index (κ3) is 3.98. The Kier molecular flexibility index (Phi) is 5.23. The molecule has 2 aromatic carbocycles. The summed E-state index contributed by atoms with van der Waals surface area (Å²) in [7, 11) is 2.06. The summed E-state index contributed by atoms with van der Waals surface area (Å²) in [4.78, 5) is 5.65. The van der Waals surface area contributed by atoms with Crippen molar-refractivity contribution in [3.05, 3.63) is 69.2 Å². The topological polar surface area (TPSA) is 38.0 Å². The van der Waals surface area contributed by atoms with Gasteiger partial charge in [0.1, 0.15) is 12.4 Å². The van der Waals surface area contributed by atoms with E-state index in [2.05, 4.69) is 33.1 Å². The Morgan fingerprint density at radius 2 is 1.92 bits per heavy atom. The molecule has 1 atom stereocenters. The Hall–Kier alpha value is -1.83. The second kappa shape index (κ2) is 7.38. The lowest BCUT2D eigenvalue weighted by Crippen LogP contribution is -3.07. The van der Waals surface area contributed by atoms with Crippen LogP contribution in [-0.2, 0) is 13.2 Å². The molecule has 1 aromatic heterocycles. The molecule has 7 heteroatoms. The molecule has 3 rings (SSSR count). The quantitative estimate of drug-likeness (QED) is 0.637. The van der Waals surface area contributed by atoms with Gasteiger partial charge in [-0.05, 0) is 30.4 Å². The molecule has 0 bridgehead atoms. The van der Waals surface area contributed by atoms with E-state index in [0.29, 0.717) is 11.4 Å². The van der Waals surface area contributed by atoms with Gasteiger partial charge in [-0.3, -0.25) is 5.10 Å². The summed E-state index contributed by atoms with van der Waals surface area (Å²) in [5.74, 6) is 0.521. The number of nitrogens with one attached hydrogen (secondary N) is 2. The Labute approximate surface area is 153 Å². The maximum atomic E-state index is 13.0. The predicted molar refractivity (Wildman–Crippen MR) is 97.5 cm³/mol. The average molecular weight is 408 g/mol. The van der Waals surface area contributed by atoms with Gasteiger partial charge in [-0.2, -0.15) is 4.98 Å². The van der Waals surface area contributed by atoms with Crippen LogP contribution in [0.1, 0.15) is 5.56 Å². The van der Waals surface area contributed by atoms with Crippen LogP contribution in [0.2, 0.25) is 0 Å². The number of H-pyrrole nitrogens is 1. The fraction of sp³-hybridized carbons (Fsp3) is 0.176. The molecule has 4 nitrogen and oxygen atoms in total. The number of hydrogen-bond donors (Lipinski definition) is 2. The molecule has 0 radical (unpaired) electrons. The Morgan fingerprint density at radius 3 is 2.62 bits per heavy atom. The van der Waals surface area contributed by atoms with Crippen LogP contribution in [0.15, 0.2) is 53.0 Å². The van der Waals surface area contributed by atoms with Gasteiger partial charge in [0.15, 0.2) is 12.5 Å². The number of halogens is 2. The molecule has 3 aromatic rings. The predicted octanol–water partition coefficient (Wildman–Crippen LogP) is 3.18. The van der Waals surface area contributed by atoms with Gasteiger partial charge in [-0.1, -0.05) is 46.3 Å².